The van der Waals surface area contributed by atoms with E-state index in [0.717, 1.165) is 31.2 Å². The van der Waals surface area contributed by atoms with Crippen LogP contribution in [0.4, 0.5) is 5.69 Å². The number of thiocarbonyl (C=S) groups is 1. The van der Waals surface area contributed by atoms with Crippen molar-refractivity contribution in [1.82, 2.24) is 16.2 Å². The minimum Gasteiger partial charge on any atom is -0.483 e. The molecule has 1 aliphatic rings. The van der Waals surface area contributed by atoms with Gasteiger partial charge in [-0.05, 0) is 67.9 Å². The maximum absolute atomic E-state index is 12.3. The van der Waals surface area contributed by atoms with Crippen LogP contribution < -0.4 is 26.2 Å². The second kappa shape index (κ2) is 12.0. The van der Waals surface area contributed by atoms with E-state index in [1.807, 2.05) is 25.1 Å². The van der Waals surface area contributed by atoms with E-state index in [1.165, 1.54) is 6.42 Å². The Bertz CT molecular complexity index is 1000. The zero-order valence-electron chi connectivity index (χ0n) is 18.5. The van der Waals surface area contributed by atoms with Crippen molar-refractivity contribution in [3.05, 3.63) is 59.7 Å². The number of amides is 3. The van der Waals surface area contributed by atoms with Gasteiger partial charge in [0.05, 0.1) is 0 Å². The largest absolute Gasteiger partial charge is 0.483 e. The minimum atomic E-state index is -0.455. The summed E-state index contributed by atoms with van der Waals surface area (Å²) in [6.07, 6.45) is 5.22. The first-order chi connectivity index (χ1) is 15.9. The van der Waals surface area contributed by atoms with Gasteiger partial charge in [0.2, 0.25) is 5.91 Å². The van der Waals surface area contributed by atoms with E-state index in [9.17, 15) is 14.4 Å². The van der Waals surface area contributed by atoms with E-state index in [-0.39, 0.29) is 23.5 Å². The molecule has 174 valence electrons. The van der Waals surface area contributed by atoms with Gasteiger partial charge in [-0.25, -0.2) is 0 Å². The summed E-state index contributed by atoms with van der Waals surface area (Å²) in [5.74, 6) is -0.195. The fourth-order valence-electron chi connectivity index (χ4n) is 3.56. The maximum atomic E-state index is 12.3. The molecule has 0 unspecified atom stereocenters. The topological polar surface area (TPSA) is 109 Å². The lowest BCUT2D eigenvalue weighted by molar-refractivity contribution is -0.122. The van der Waals surface area contributed by atoms with Crippen LogP contribution in [0.1, 0.15) is 48.0 Å². The molecular formula is C24H28N4O4S. The predicted molar refractivity (Wildman–Crippen MR) is 130 cm³/mol. The molecule has 0 spiro atoms. The van der Waals surface area contributed by atoms with Gasteiger partial charge in [0.15, 0.2) is 11.7 Å². The molecule has 0 bridgehead atoms. The Hall–Kier alpha value is -3.46. The SMILES string of the molecule is Cc1ccccc1OCC(=O)NC(=S)NNC(=O)c1ccc(NC(=O)C2CCCCC2)cc1. The number of carbonyl (C=O) groups is 3. The number of nitrogens with one attached hydrogen (secondary N) is 4. The van der Waals surface area contributed by atoms with Crippen molar-refractivity contribution in [2.24, 2.45) is 5.92 Å². The number of rotatable bonds is 6. The molecule has 0 aliphatic heterocycles. The van der Waals surface area contributed by atoms with Gasteiger partial charge in [-0.15, -0.1) is 0 Å². The van der Waals surface area contributed by atoms with E-state index in [2.05, 4.69) is 21.5 Å². The molecule has 33 heavy (non-hydrogen) atoms. The fourth-order valence-corrected chi connectivity index (χ4v) is 3.72. The normalized spacial score (nSPS) is 13.5. The zero-order chi connectivity index (χ0) is 23.6. The van der Waals surface area contributed by atoms with Gasteiger partial charge in [-0.2, -0.15) is 0 Å². The molecule has 4 N–H and O–H groups in total. The highest BCUT2D eigenvalue weighted by atomic mass is 32.1. The summed E-state index contributed by atoms with van der Waals surface area (Å²) in [5, 5.41) is 5.29. The number of ether oxygens (including phenoxy) is 1. The van der Waals surface area contributed by atoms with Crippen molar-refractivity contribution in [1.29, 1.82) is 0 Å². The summed E-state index contributed by atoms with van der Waals surface area (Å²) in [7, 11) is 0. The van der Waals surface area contributed by atoms with Gasteiger partial charge in [0, 0.05) is 17.2 Å². The van der Waals surface area contributed by atoms with Crippen molar-refractivity contribution >= 4 is 40.7 Å². The second-order valence-corrected chi connectivity index (χ2v) is 8.32. The summed E-state index contributed by atoms with van der Waals surface area (Å²) in [4.78, 5) is 36.6. The third kappa shape index (κ3) is 7.57. The van der Waals surface area contributed by atoms with Crippen molar-refractivity contribution in [3.63, 3.8) is 0 Å². The quantitative estimate of drug-likeness (QED) is 0.383. The van der Waals surface area contributed by atoms with E-state index >= 15 is 0 Å². The summed E-state index contributed by atoms with van der Waals surface area (Å²) in [6.45, 7) is 1.67. The highest BCUT2D eigenvalue weighted by Crippen LogP contribution is 2.25. The third-order valence-electron chi connectivity index (χ3n) is 5.39. The smallest absolute Gasteiger partial charge is 0.269 e. The molecule has 0 saturated heterocycles. The number of anilines is 1. The van der Waals surface area contributed by atoms with Crippen LogP contribution in [0.5, 0.6) is 5.75 Å². The first-order valence-corrected chi connectivity index (χ1v) is 11.3. The number of benzene rings is 2. The van der Waals surface area contributed by atoms with Crippen LogP contribution in [0.3, 0.4) is 0 Å². The Morgan fingerprint density at radius 1 is 0.970 bits per heavy atom. The number of hydrazine groups is 1. The molecular weight excluding hydrogens is 440 g/mol. The molecule has 9 heteroatoms. The van der Waals surface area contributed by atoms with Gasteiger partial charge >= 0.3 is 0 Å². The van der Waals surface area contributed by atoms with Gasteiger partial charge < -0.3 is 10.1 Å². The van der Waals surface area contributed by atoms with Crippen LogP contribution in [0.25, 0.3) is 0 Å². The third-order valence-corrected chi connectivity index (χ3v) is 5.59. The summed E-state index contributed by atoms with van der Waals surface area (Å²) >= 11 is 5.02. The molecule has 3 amide bonds. The van der Waals surface area contributed by atoms with E-state index < -0.39 is 11.8 Å². The molecule has 0 atom stereocenters. The summed E-state index contributed by atoms with van der Waals surface area (Å²) in [6, 6.07) is 13.9. The molecule has 3 rings (SSSR count). The Morgan fingerprint density at radius 2 is 1.67 bits per heavy atom. The first kappa shape index (κ1) is 24.2. The van der Waals surface area contributed by atoms with Gasteiger partial charge in [0.25, 0.3) is 11.8 Å². The van der Waals surface area contributed by atoms with Crippen molar-refractivity contribution in [3.8, 4) is 5.75 Å². The molecule has 2 aromatic carbocycles. The lowest BCUT2D eigenvalue weighted by atomic mass is 9.88. The molecule has 1 aliphatic carbocycles. The molecule has 0 aromatic heterocycles. The van der Waals surface area contributed by atoms with Crippen LogP contribution in [0.2, 0.25) is 0 Å². The average Bonchev–Trinajstić information content (AvgIpc) is 2.83. The van der Waals surface area contributed by atoms with Crippen molar-refractivity contribution in [2.75, 3.05) is 11.9 Å². The van der Waals surface area contributed by atoms with E-state index in [4.69, 9.17) is 17.0 Å². The van der Waals surface area contributed by atoms with Gasteiger partial charge in [-0.1, -0.05) is 37.5 Å². The Morgan fingerprint density at radius 3 is 2.36 bits per heavy atom. The van der Waals surface area contributed by atoms with Crippen molar-refractivity contribution in [2.45, 2.75) is 39.0 Å². The standard InChI is InChI=1S/C24H28N4O4S/c1-16-7-5-6-10-20(16)32-15-21(29)26-24(33)28-27-23(31)18-11-13-19(14-12-18)25-22(30)17-8-3-2-4-9-17/h5-7,10-14,17H,2-4,8-9,15H2,1H3,(H,25,30)(H,27,31)(H2,26,28,29,33). The van der Waals surface area contributed by atoms with Crippen LogP contribution in [-0.2, 0) is 9.59 Å². The Balaban J connectivity index is 1.39. The average molecular weight is 469 g/mol. The zero-order valence-corrected chi connectivity index (χ0v) is 19.3. The monoisotopic (exact) mass is 468 g/mol. The summed E-state index contributed by atoms with van der Waals surface area (Å²) in [5.41, 5.74) is 6.84. The fraction of sp³-hybridized carbons (Fsp3) is 0.333. The van der Waals surface area contributed by atoms with Crippen molar-refractivity contribution < 1.29 is 19.1 Å². The maximum Gasteiger partial charge on any atom is 0.269 e. The highest BCUT2D eigenvalue weighted by molar-refractivity contribution is 7.80. The highest BCUT2D eigenvalue weighted by Gasteiger charge is 2.21. The molecule has 2 aromatic rings. The van der Waals surface area contributed by atoms with E-state index in [1.54, 1.807) is 30.3 Å². The number of hydrogen-bond donors (Lipinski definition) is 4. The Kier molecular flexibility index (Phi) is 8.77. The number of para-hydroxylation sites is 1. The van der Waals surface area contributed by atoms with Gasteiger partial charge in [0.1, 0.15) is 5.75 Å². The van der Waals surface area contributed by atoms with Crippen LogP contribution >= 0.6 is 12.2 Å². The number of carbonyl (C=O) groups excluding carboxylic acids is 3. The molecule has 1 fully saturated rings. The van der Waals surface area contributed by atoms with Gasteiger partial charge in [-0.3, -0.25) is 30.6 Å². The molecule has 8 nitrogen and oxygen atoms in total. The second-order valence-electron chi connectivity index (χ2n) is 7.91. The first-order valence-electron chi connectivity index (χ1n) is 10.9. The Labute approximate surface area is 198 Å². The molecule has 0 radical (unpaired) electrons. The van der Waals surface area contributed by atoms with Crippen LogP contribution in [0.15, 0.2) is 48.5 Å². The van der Waals surface area contributed by atoms with E-state index in [0.29, 0.717) is 17.0 Å². The summed E-state index contributed by atoms with van der Waals surface area (Å²) < 4.78 is 5.45. The molecule has 1 saturated carbocycles. The molecule has 0 heterocycles. The van der Waals surface area contributed by atoms with Crippen LogP contribution in [0, 0.1) is 12.8 Å². The lowest BCUT2D eigenvalue weighted by Gasteiger charge is -2.20. The number of hydrogen-bond acceptors (Lipinski definition) is 5. The number of aryl methyl sites for hydroxylation is 1. The predicted octanol–water partition coefficient (Wildman–Crippen LogP) is 3.23. The van der Waals surface area contributed by atoms with Crippen LogP contribution in [-0.4, -0.2) is 29.4 Å². The minimum absolute atomic E-state index is 0.0288. The lowest BCUT2D eigenvalue weighted by Crippen LogP contribution is -2.49.